The van der Waals surface area contributed by atoms with E-state index in [1.807, 2.05) is 0 Å². The van der Waals surface area contributed by atoms with Gasteiger partial charge in [-0.1, -0.05) is 15.9 Å². The summed E-state index contributed by atoms with van der Waals surface area (Å²) < 4.78 is 39.7. The Morgan fingerprint density at radius 2 is 2.05 bits per heavy atom. The van der Waals surface area contributed by atoms with Crippen LogP contribution in [0, 0.1) is 10.1 Å². The summed E-state index contributed by atoms with van der Waals surface area (Å²) in [5, 5.41) is 10.7. The van der Waals surface area contributed by atoms with E-state index >= 15 is 0 Å². The number of ether oxygens (including phenoxy) is 1. The Hall–Kier alpha value is -1.64. The van der Waals surface area contributed by atoms with E-state index in [1.165, 1.54) is 6.92 Å². The van der Waals surface area contributed by atoms with Crippen LogP contribution in [0.25, 0.3) is 0 Å². The molecule has 0 heterocycles. The summed E-state index contributed by atoms with van der Waals surface area (Å²) in [7, 11) is 0. The Balaban J connectivity index is 3.23. The number of Topliss-reactive ketones (excluding diaryl/α,β-unsaturated/α-hetero) is 1. The molecular weight excluding hydrogens is 335 g/mol. The minimum absolute atomic E-state index is 0.0781. The van der Waals surface area contributed by atoms with Crippen molar-refractivity contribution >= 4 is 27.4 Å². The first kappa shape index (κ1) is 15.4. The molecule has 0 aromatic heterocycles. The number of nitro benzene ring substituents is 1. The van der Waals surface area contributed by atoms with Gasteiger partial charge in [-0.05, 0) is 19.1 Å². The van der Waals surface area contributed by atoms with Crippen molar-refractivity contribution in [3.63, 3.8) is 0 Å². The van der Waals surface area contributed by atoms with Crippen LogP contribution in [0.4, 0.5) is 18.9 Å². The number of carbonyl (C=O) groups excluding carboxylic acids is 1. The van der Waals surface area contributed by atoms with Gasteiger partial charge in [0.05, 0.1) is 9.75 Å². The molecule has 0 aliphatic rings. The number of halogens is 4. The molecule has 0 bridgehead atoms. The number of hydrogen-bond acceptors (Lipinski definition) is 4. The molecular formula is C10H7BrF3NO4. The smallest absolute Gasteiger partial charge is 0.398 e. The van der Waals surface area contributed by atoms with Crippen molar-refractivity contribution in [1.29, 1.82) is 0 Å². The van der Waals surface area contributed by atoms with Crippen molar-refractivity contribution in [3.8, 4) is 5.75 Å². The van der Waals surface area contributed by atoms with E-state index in [4.69, 9.17) is 0 Å². The molecule has 0 aliphatic heterocycles. The van der Waals surface area contributed by atoms with Crippen LogP contribution in [-0.2, 0) is 0 Å². The number of ketones is 1. The van der Waals surface area contributed by atoms with Crippen molar-refractivity contribution in [2.75, 3.05) is 0 Å². The summed E-state index contributed by atoms with van der Waals surface area (Å²) in [5.41, 5.74) is -0.998. The number of nitro groups is 1. The number of carbonyl (C=O) groups is 1. The van der Waals surface area contributed by atoms with Gasteiger partial charge in [-0.25, -0.2) is 0 Å². The van der Waals surface area contributed by atoms with Crippen molar-refractivity contribution in [2.24, 2.45) is 0 Å². The summed E-state index contributed by atoms with van der Waals surface area (Å²) in [6.07, 6.45) is -5.04. The van der Waals surface area contributed by atoms with Gasteiger partial charge in [-0.15, -0.1) is 13.2 Å². The lowest BCUT2D eigenvalue weighted by molar-refractivity contribution is -0.388. The van der Waals surface area contributed by atoms with Gasteiger partial charge in [0.1, 0.15) is 0 Å². The molecule has 0 aliphatic carbocycles. The Morgan fingerprint density at radius 3 is 2.47 bits per heavy atom. The summed E-state index contributed by atoms with van der Waals surface area (Å²) >= 11 is 2.97. The molecule has 0 saturated carbocycles. The van der Waals surface area contributed by atoms with Crippen molar-refractivity contribution in [1.82, 2.24) is 0 Å². The number of hydrogen-bond donors (Lipinski definition) is 0. The topological polar surface area (TPSA) is 69.4 Å². The molecule has 19 heavy (non-hydrogen) atoms. The lowest BCUT2D eigenvalue weighted by Gasteiger charge is -2.10. The minimum Gasteiger partial charge on any atom is -0.398 e. The maximum Gasteiger partial charge on any atom is 0.573 e. The van der Waals surface area contributed by atoms with Gasteiger partial charge in [-0.2, -0.15) is 0 Å². The van der Waals surface area contributed by atoms with Gasteiger partial charge in [0, 0.05) is 11.6 Å². The Morgan fingerprint density at radius 1 is 1.47 bits per heavy atom. The first-order valence-electron chi connectivity index (χ1n) is 4.84. The fraction of sp³-hybridized carbons (Fsp3) is 0.300. The number of nitrogens with zero attached hydrogens (tertiary/aromatic N) is 1. The Bertz CT molecular complexity index is 516. The van der Waals surface area contributed by atoms with E-state index in [2.05, 4.69) is 20.7 Å². The van der Waals surface area contributed by atoms with Gasteiger partial charge < -0.3 is 4.74 Å². The van der Waals surface area contributed by atoms with Crippen molar-refractivity contribution in [3.05, 3.63) is 33.9 Å². The summed E-state index contributed by atoms with van der Waals surface area (Å²) in [6, 6.07) is 2.53. The number of alkyl halides is 4. The Kier molecular flexibility index (Phi) is 4.51. The largest absolute Gasteiger partial charge is 0.573 e. The van der Waals surface area contributed by atoms with E-state index in [1.54, 1.807) is 0 Å². The second kappa shape index (κ2) is 5.55. The average Bonchev–Trinajstić information content (AvgIpc) is 2.26. The highest BCUT2D eigenvalue weighted by Gasteiger charge is 2.34. The second-order valence-electron chi connectivity index (χ2n) is 3.47. The molecule has 1 rings (SSSR count). The molecule has 1 aromatic carbocycles. The zero-order valence-corrected chi connectivity index (χ0v) is 11.0. The molecule has 0 radical (unpaired) electrons. The second-order valence-corrected chi connectivity index (χ2v) is 4.84. The van der Waals surface area contributed by atoms with Gasteiger partial charge in [-0.3, -0.25) is 14.9 Å². The minimum atomic E-state index is -5.04. The molecule has 104 valence electrons. The van der Waals surface area contributed by atoms with E-state index in [0.29, 0.717) is 0 Å². The molecule has 1 atom stereocenters. The van der Waals surface area contributed by atoms with Crippen LogP contribution in [0.5, 0.6) is 5.75 Å². The highest BCUT2D eigenvalue weighted by Crippen LogP contribution is 2.33. The van der Waals surface area contributed by atoms with Gasteiger partial charge in [0.25, 0.3) is 0 Å². The monoisotopic (exact) mass is 341 g/mol. The van der Waals surface area contributed by atoms with E-state index in [0.717, 1.165) is 18.2 Å². The zero-order chi connectivity index (χ0) is 14.8. The standard InChI is InChI=1S/C10H7BrF3NO4/c1-5(11)9(16)6-2-3-8(19-10(12,13)14)7(4-6)15(17)18/h2-5H,1H3. The normalized spacial score (nSPS) is 12.9. The van der Waals surface area contributed by atoms with Crippen molar-refractivity contribution in [2.45, 2.75) is 18.1 Å². The highest BCUT2D eigenvalue weighted by atomic mass is 79.9. The molecule has 0 amide bonds. The maximum atomic E-state index is 12.1. The third kappa shape index (κ3) is 4.19. The fourth-order valence-corrected chi connectivity index (χ4v) is 1.52. The molecule has 9 heteroatoms. The van der Waals surface area contributed by atoms with Crippen LogP contribution >= 0.6 is 15.9 Å². The van der Waals surface area contributed by atoms with E-state index in [-0.39, 0.29) is 5.56 Å². The third-order valence-electron chi connectivity index (χ3n) is 2.03. The van der Waals surface area contributed by atoms with Crippen LogP contribution in [0.15, 0.2) is 18.2 Å². The van der Waals surface area contributed by atoms with E-state index < -0.39 is 33.3 Å². The molecule has 0 fully saturated rings. The lowest BCUT2D eigenvalue weighted by atomic mass is 10.1. The third-order valence-corrected chi connectivity index (χ3v) is 2.44. The average molecular weight is 342 g/mol. The van der Waals surface area contributed by atoms with Crippen LogP contribution in [0.3, 0.4) is 0 Å². The van der Waals surface area contributed by atoms with Crippen LogP contribution in [0.2, 0.25) is 0 Å². The lowest BCUT2D eigenvalue weighted by Crippen LogP contribution is -2.18. The van der Waals surface area contributed by atoms with Gasteiger partial charge in [0.15, 0.2) is 5.78 Å². The summed E-state index contributed by atoms with van der Waals surface area (Å²) in [5.74, 6) is -1.45. The zero-order valence-electron chi connectivity index (χ0n) is 9.40. The first-order chi connectivity index (χ1) is 8.61. The summed E-state index contributed by atoms with van der Waals surface area (Å²) in [6.45, 7) is 1.49. The molecule has 0 saturated heterocycles. The molecule has 0 spiro atoms. The molecule has 0 N–H and O–H groups in total. The molecule has 1 aromatic rings. The predicted octanol–water partition coefficient (Wildman–Crippen LogP) is 3.46. The molecule has 5 nitrogen and oxygen atoms in total. The Labute approximate surface area is 113 Å². The SMILES string of the molecule is CC(Br)C(=O)c1ccc(OC(F)(F)F)c([N+](=O)[O-])c1. The summed E-state index contributed by atoms with van der Waals surface area (Å²) in [4.78, 5) is 20.6. The first-order valence-corrected chi connectivity index (χ1v) is 5.76. The quantitative estimate of drug-likeness (QED) is 0.364. The maximum absolute atomic E-state index is 12.1. The van der Waals surface area contributed by atoms with Gasteiger partial charge in [0.2, 0.25) is 5.75 Å². The predicted molar refractivity (Wildman–Crippen MR) is 62.5 cm³/mol. The fourth-order valence-electron chi connectivity index (χ4n) is 1.25. The van der Waals surface area contributed by atoms with Crippen LogP contribution < -0.4 is 4.74 Å². The van der Waals surface area contributed by atoms with Crippen LogP contribution in [-0.4, -0.2) is 21.9 Å². The van der Waals surface area contributed by atoms with Gasteiger partial charge >= 0.3 is 12.0 Å². The van der Waals surface area contributed by atoms with E-state index in [9.17, 15) is 28.1 Å². The number of rotatable bonds is 4. The highest BCUT2D eigenvalue weighted by molar-refractivity contribution is 9.10. The number of benzene rings is 1. The molecule has 1 unspecified atom stereocenters. The van der Waals surface area contributed by atoms with Crippen LogP contribution in [0.1, 0.15) is 17.3 Å². The van der Waals surface area contributed by atoms with Crippen molar-refractivity contribution < 1.29 is 27.6 Å².